The Morgan fingerprint density at radius 3 is 1.89 bits per heavy atom. The van der Waals surface area contributed by atoms with Gasteiger partial charge in [0.05, 0.1) is 11.0 Å². The normalized spacial score (nSPS) is 12.3. The van der Waals surface area contributed by atoms with Crippen molar-refractivity contribution in [2.45, 2.75) is 9.79 Å². The molecule has 0 saturated carbocycles. The van der Waals surface area contributed by atoms with Crippen LogP contribution in [0.25, 0.3) is 50.3 Å². The Labute approximate surface area is 278 Å². The van der Waals surface area contributed by atoms with Crippen molar-refractivity contribution in [3.8, 4) is 28.5 Å². The Morgan fingerprint density at radius 2 is 1.15 bits per heavy atom. The molecule has 4 nitrogen and oxygen atoms in total. The van der Waals surface area contributed by atoms with Gasteiger partial charge in [-0.05, 0) is 12.1 Å². The number of hydrogen-bond donors (Lipinski definition) is 0. The first-order valence-corrected chi connectivity index (χ1v) is 19.9. The molecule has 2 aromatic heterocycles. The average molecular weight is 692 g/mol. The summed E-state index contributed by atoms with van der Waals surface area (Å²) < 4.78 is 2.40. The van der Waals surface area contributed by atoms with Crippen molar-refractivity contribution in [3.05, 3.63) is 152 Å². The third-order valence-corrected chi connectivity index (χ3v) is 16.8. The van der Waals surface area contributed by atoms with Crippen LogP contribution in [0.4, 0.5) is 0 Å². The Hall–Kier alpha value is -4.57. The summed E-state index contributed by atoms with van der Waals surface area (Å²) in [5.41, 5.74) is 3.67. The van der Waals surface area contributed by atoms with Crippen molar-refractivity contribution in [2.24, 2.45) is 0 Å². The Kier molecular flexibility index (Phi) is 6.66. The second-order valence-corrected chi connectivity index (χ2v) is 18.5. The molecule has 1 aliphatic heterocycles. The van der Waals surface area contributed by atoms with Gasteiger partial charge in [0.25, 0.3) is 0 Å². The van der Waals surface area contributed by atoms with Crippen molar-refractivity contribution in [3.63, 3.8) is 0 Å². The van der Waals surface area contributed by atoms with Gasteiger partial charge in [0.2, 0.25) is 0 Å². The molecule has 0 aliphatic carbocycles. The minimum atomic E-state index is -1.94. The molecule has 7 heteroatoms. The van der Waals surface area contributed by atoms with Crippen molar-refractivity contribution in [2.75, 3.05) is 0 Å². The molecule has 218 valence electrons. The molecule has 0 spiro atoms. The molecular formula is C39H25N4PSSe. The molecule has 6 aromatic carbocycles. The Morgan fingerprint density at radius 1 is 0.543 bits per heavy atom. The molecule has 0 fully saturated rings. The molecule has 9 rings (SSSR count). The summed E-state index contributed by atoms with van der Waals surface area (Å²) in [6.07, 6.45) is 1.62. The summed E-state index contributed by atoms with van der Waals surface area (Å²) in [6, 6.07) is 52.0. The predicted molar refractivity (Wildman–Crippen MR) is 194 cm³/mol. The number of benzene rings is 6. The van der Waals surface area contributed by atoms with E-state index in [0.717, 1.165) is 11.1 Å². The van der Waals surface area contributed by atoms with E-state index >= 15 is 0 Å². The standard InChI is InChI=1S/C39H25N4PSSe/c46-44(28-10-3-1-4-11-28,29-12-5-2-6-13-29)30-21-18-26(19-22-30)38-40-25-41-39(42-38)27-20-23-34-36(24-27)45-35-17-9-15-32-31-14-7-8-16-33(31)43(34)37(32)35/h1-25H. The summed E-state index contributed by atoms with van der Waals surface area (Å²) in [7, 11) is 0. The Balaban J connectivity index is 1.09. The van der Waals surface area contributed by atoms with E-state index in [2.05, 4.69) is 175 Å². The van der Waals surface area contributed by atoms with Gasteiger partial charge in [-0.3, -0.25) is 0 Å². The fourth-order valence-corrected chi connectivity index (χ4v) is 12.6. The van der Waals surface area contributed by atoms with Gasteiger partial charge < -0.3 is 4.57 Å². The van der Waals surface area contributed by atoms with Gasteiger partial charge in [-0.15, -0.1) is 0 Å². The SMILES string of the molecule is [Se]=P(c1ccccc1)(c1ccccc1)c1ccc(-c2ncnc(-c3ccc4c(c3)Sc3cccc5c6ccccc6n-4c35)n2)cc1. The quantitative estimate of drug-likeness (QED) is 0.135. The van der Waals surface area contributed by atoms with Crippen LogP contribution in [-0.4, -0.2) is 34.6 Å². The molecular weight excluding hydrogens is 666 g/mol. The fourth-order valence-electron chi connectivity index (χ4n) is 6.48. The minimum absolute atomic E-state index is 0.661. The number of fused-ring (bicyclic) bond motifs is 5. The zero-order valence-electron chi connectivity index (χ0n) is 24.5. The third-order valence-electron chi connectivity index (χ3n) is 8.64. The molecule has 8 aromatic rings. The summed E-state index contributed by atoms with van der Waals surface area (Å²) in [4.78, 5) is 16.6. The number of hydrogen-bond acceptors (Lipinski definition) is 4. The monoisotopic (exact) mass is 692 g/mol. The number of para-hydroxylation sites is 2. The maximum atomic E-state index is 4.96. The number of rotatable bonds is 5. The van der Waals surface area contributed by atoms with Crippen molar-refractivity contribution in [1.82, 2.24) is 19.5 Å². The van der Waals surface area contributed by atoms with Gasteiger partial charge in [0, 0.05) is 15.7 Å². The topological polar surface area (TPSA) is 43.6 Å². The van der Waals surface area contributed by atoms with E-state index in [1.165, 1.54) is 53.2 Å². The molecule has 0 atom stereocenters. The van der Waals surface area contributed by atoms with E-state index in [4.69, 9.17) is 4.98 Å². The zero-order chi connectivity index (χ0) is 30.7. The molecule has 0 bridgehead atoms. The van der Waals surface area contributed by atoms with E-state index in [1.807, 2.05) is 11.8 Å². The van der Waals surface area contributed by atoms with E-state index < -0.39 is 5.51 Å². The van der Waals surface area contributed by atoms with Gasteiger partial charge in [0.1, 0.15) is 0 Å². The molecule has 0 unspecified atom stereocenters. The second kappa shape index (κ2) is 11.0. The molecule has 1 aliphatic rings. The number of nitrogens with zero attached hydrogens (tertiary/aromatic N) is 4. The first kappa shape index (κ1) is 27.7. The van der Waals surface area contributed by atoms with Crippen LogP contribution in [0.3, 0.4) is 0 Å². The molecule has 0 N–H and O–H groups in total. The first-order chi connectivity index (χ1) is 22.7. The zero-order valence-corrected chi connectivity index (χ0v) is 27.9. The summed E-state index contributed by atoms with van der Waals surface area (Å²) in [5.74, 6) is 1.33. The molecule has 0 saturated heterocycles. The van der Waals surface area contributed by atoms with Crippen LogP contribution in [0.15, 0.2) is 162 Å². The summed E-state index contributed by atoms with van der Waals surface area (Å²) >= 11 is 5.45. The van der Waals surface area contributed by atoms with Crippen molar-refractivity contribution < 1.29 is 0 Å². The number of aromatic nitrogens is 4. The van der Waals surface area contributed by atoms with Crippen LogP contribution < -0.4 is 15.9 Å². The molecule has 46 heavy (non-hydrogen) atoms. The average Bonchev–Trinajstić information content (AvgIpc) is 3.48. The van der Waals surface area contributed by atoms with Crippen LogP contribution >= 0.6 is 17.3 Å². The van der Waals surface area contributed by atoms with E-state index in [-0.39, 0.29) is 0 Å². The van der Waals surface area contributed by atoms with Gasteiger partial charge in [-0.1, -0.05) is 30.3 Å². The maximum absolute atomic E-state index is 4.96. The molecule has 0 amide bonds. The van der Waals surface area contributed by atoms with Crippen LogP contribution in [0.1, 0.15) is 0 Å². The molecule has 0 radical (unpaired) electrons. The van der Waals surface area contributed by atoms with Crippen molar-refractivity contribution in [1.29, 1.82) is 0 Å². The summed E-state index contributed by atoms with van der Waals surface area (Å²) in [6.45, 7) is 0. The van der Waals surface area contributed by atoms with Gasteiger partial charge >= 0.3 is 206 Å². The third kappa shape index (κ3) is 4.37. The van der Waals surface area contributed by atoms with E-state index in [1.54, 1.807) is 6.33 Å². The van der Waals surface area contributed by atoms with Gasteiger partial charge in [-0.25, -0.2) is 0 Å². The van der Waals surface area contributed by atoms with E-state index in [0.29, 0.717) is 11.6 Å². The van der Waals surface area contributed by atoms with Crippen LogP contribution in [0.5, 0.6) is 0 Å². The molecule has 3 heterocycles. The predicted octanol–water partition coefficient (Wildman–Crippen LogP) is 8.14. The second-order valence-electron chi connectivity index (χ2n) is 11.2. The van der Waals surface area contributed by atoms with Crippen LogP contribution in [-0.2, 0) is 0 Å². The van der Waals surface area contributed by atoms with Crippen LogP contribution in [0, 0.1) is 0 Å². The first-order valence-electron chi connectivity index (χ1n) is 15.0. The van der Waals surface area contributed by atoms with Gasteiger partial charge in [0.15, 0.2) is 0 Å². The van der Waals surface area contributed by atoms with Crippen molar-refractivity contribution >= 4 is 70.1 Å². The fraction of sp³-hybridized carbons (Fsp3) is 0. The summed E-state index contributed by atoms with van der Waals surface area (Å²) in [5, 5.41) is 6.44. The van der Waals surface area contributed by atoms with E-state index in [9.17, 15) is 0 Å². The van der Waals surface area contributed by atoms with Crippen LogP contribution in [0.2, 0.25) is 0 Å². The van der Waals surface area contributed by atoms with Gasteiger partial charge in [-0.2, -0.15) is 0 Å². The Bertz CT molecular complexity index is 2430.